The number of fused-ring (bicyclic) bond motifs is 9. The summed E-state index contributed by atoms with van der Waals surface area (Å²) in [7, 11) is 0. The summed E-state index contributed by atoms with van der Waals surface area (Å²) < 4.78 is 88.9. The smallest absolute Gasteiger partial charge is 0.351 e. The maximum Gasteiger partial charge on any atom is 0.351 e. The van der Waals surface area contributed by atoms with Gasteiger partial charge in [-0.2, -0.15) is 9.97 Å². The number of aromatic nitrogens is 14. The van der Waals surface area contributed by atoms with E-state index >= 15 is 0 Å². The van der Waals surface area contributed by atoms with Crippen molar-refractivity contribution >= 4 is 112 Å². The molecule has 14 rings (SSSR count). The lowest BCUT2D eigenvalue weighted by Gasteiger charge is -2.39. The Morgan fingerprint density at radius 3 is 1.69 bits per heavy atom. The molecule has 21 atom stereocenters. The molecule has 484 valence electrons. The molecule has 0 aliphatic carbocycles. The summed E-state index contributed by atoms with van der Waals surface area (Å²) in [5.41, 5.74) is 18.8. The molecule has 7 aromatic rings. The van der Waals surface area contributed by atoms with Crippen molar-refractivity contribution in [2.45, 2.75) is 156 Å². The second-order valence-corrected chi connectivity index (χ2v) is 31.1. The third-order valence-corrected chi connectivity index (χ3v) is 22.2. The SMILES string of the molecule is CC[C@H]1O[C@@H](n2cnc3c(N)ncnc32)C[C@H]1OP(O)(=S)OC[C@]12O[C@@H](n3cnc4c(=O)[nH]c(N)nc43)C(O[C@H]1C)[C@H]2OP(O)(=S)OC[C@]12O[C@@H](n3cc(C)c(N)nc3=O)C(O[C@H]1C)[C@H]2OP(O)(=S)OC[C@]12O[C@@H](n3cnc4c(N)ncnc43)C(O[C@H]1C)[C@H]2O. The third-order valence-electron chi connectivity index (χ3n) is 17.6. The Morgan fingerprint density at radius 2 is 1.10 bits per heavy atom. The Bertz CT molecular complexity index is 4310. The number of rotatable bonds is 20. The van der Waals surface area contributed by atoms with E-state index in [2.05, 4.69) is 49.8 Å². The standard InChI is InChI=1S/C47H59N18O19P3S3/c1-6-21-22(7-23(78-21)63-14-56-24-34(49)52-12-54-36(24)63)82-85(69,88)73-10-47-20(5)77-29(42(81-47)65-16-58-26-38(65)60-43(51)61-39(26)67)32(47)84-87(71,90)74-11-46-19(4)76-28(41(80-46)62-8-17(2)33(48)59-44(62)68)31(46)83-86(70,89)72-9-45-18(3)75-27(30(45)66)40(79-45)64-15-57-25-35(50)53-13-55-37(25)64/h8,12-16,18-23,27-32,40-42,66H,6-7,9-11H2,1-5H3,(H,69,88)(H,70,89)(H,71,90)(H2,48,59,68)(H2,49,52,54)(H2,50,53,55)(H3,51,60,61,67)/t18-,19-,20-,21+,22+,23+,27?,28?,29?,30+,31+,32+,40+,41+,42+,45-,46-,47-,85?,86?,87?/m0/s1. The van der Waals surface area contributed by atoms with Gasteiger partial charge in [0.15, 0.2) is 52.8 Å². The van der Waals surface area contributed by atoms with Crippen molar-refractivity contribution in [2.75, 3.05) is 42.8 Å². The lowest BCUT2D eigenvalue weighted by atomic mass is 9.94. The Morgan fingerprint density at radius 1 is 0.622 bits per heavy atom. The van der Waals surface area contributed by atoms with Crippen LogP contribution >= 0.6 is 20.2 Å². The first-order valence-corrected chi connectivity index (χ1v) is 35.7. The number of nitrogens with zero attached hydrogens (tertiary/aromatic N) is 13. The van der Waals surface area contributed by atoms with Gasteiger partial charge in [-0.1, -0.05) is 6.92 Å². The molecular weight excluding hydrogens is 1310 g/mol. The summed E-state index contributed by atoms with van der Waals surface area (Å²) in [5.74, 6) is -0.00575. The van der Waals surface area contributed by atoms with Gasteiger partial charge in [0, 0.05) is 18.2 Å². The highest BCUT2D eigenvalue weighted by Crippen LogP contribution is 2.63. The van der Waals surface area contributed by atoms with Crippen molar-refractivity contribution in [1.29, 1.82) is 0 Å². The van der Waals surface area contributed by atoms with Crippen LogP contribution in [0.2, 0.25) is 0 Å². The topological polar surface area (TPSA) is 491 Å². The molecule has 7 aromatic heterocycles. The number of nitrogens with two attached hydrogens (primary N) is 4. The molecule has 0 aromatic carbocycles. The number of aromatic amines is 1. The molecule has 7 saturated heterocycles. The van der Waals surface area contributed by atoms with Gasteiger partial charge >= 0.3 is 25.8 Å². The molecule has 0 saturated carbocycles. The zero-order valence-corrected chi connectivity index (χ0v) is 52.9. The molecule has 0 amide bonds. The number of aryl methyl sites for hydroxylation is 1. The van der Waals surface area contributed by atoms with Gasteiger partial charge in [0.2, 0.25) is 5.95 Å². The lowest BCUT2D eigenvalue weighted by Crippen LogP contribution is -2.52. The quantitative estimate of drug-likeness (QED) is 0.0445. The first-order valence-electron chi connectivity index (χ1n) is 27.9. The summed E-state index contributed by atoms with van der Waals surface area (Å²) in [4.78, 5) is 103. The predicted molar refractivity (Wildman–Crippen MR) is 318 cm³/mol. The summed E-state index contributed by atoms with van der Waals surface area (Å²) >= 11 is 17.2. The highest BCUT2D eigenvalue weighted by molar-refractivity contribution is 8.07. The van der Waals surface area contributed by atoms with Crippen molar-refractivity contribution in [3.8, 4) is 0 Å². The summed E-state index contributed by atoms with van der Waals surface area (Å²) in [6.07, 6.45) is -7.67. The normalized spacial score (nSPS) is 36.4. The molecule has 0 radical (unpaired) electrons. The zero-order valence-electron chi connectivity index (χ0n) is 47.8. The minimum atomic E-state index is -4.70. The van der Waals surface area contributed by atoms with Gasteiger partial charge in [0.1, 0.15) is 89.2 Å². The summed E-state index contributed by atoms with van der Waals surface area (Å²) in [5, 5.41) is 11.8. The third kappa shape index (κ3) is 10.0. The van der Waals surface area contributed by atoms with Gasteiger partial charge in [0.25, 0.3) is 5.56 Å². The first-order chi connectivity index (χ1) is 42.7. The molecule has 90 heavy (non-hydrogen) atoms. The highest BCUT2D eigenvalue weighted by Gasteiger charge is 2.72. The van der Waals surface area contributed by atoms with E-state index in [4.69, 9.17) is 119 Å². The van der Waals surface area contributed by atoms with E-state index in [1.54, 1.807) is 32.3 Å². The number of hydrogen-bond acceptors (Lipinski definition) is 32. The minimum Gasteiger partial charge on any atom is -0.387 e. The lowest BCUT2D eigenvalue weighted by molar-refractivity contribution is -0.218. The van der Waals surface area contributed by atoms with E-state index in [0.717, 1.165) is 4.57 Å². The largest absolute Gasteiger partial charge is 0.387 e. The number of ether oxygens (including phenoxy) is 7. The average Bonchev–Trinajstić information content (AvgIpc) is 1.56. The molecule has 7 aliphatic heterocycles. The fourth-order valence-electron chi connectivity index (χ4n) is 12.9. The number of nitrogens with one attached hydrogen (secondary N) is 1. The van der Waals surface area contributed by atoms with E-state index in [1.165, 1.54) is 47.0 Å². The number of H-pyrrole nitrogens is 1. The monoisotopic (exact) mass is 1370 g/mol. The van der Waals surface area contributed by atoms with Crippen LogP contribution in [-0.4, -0.2) is 192 Å². The van der Waals surface area contributed by atoms with Crippen LogP contribution < -0.4 is 34.2 Å². The molecule has 43 heteroatoms. The van der Waals surface area contributed by atoms with Gasteiger partial charge in [-0.15, -0.1) is 0 Å². The fourth-order valence-corrected chi connectivity index (χ4v) is 17.3. The van der Waals surface area contributed by atoms with Crippen LogP contribution in [0.15, 0.2) is 47.4 Å². The van der Waals surface area contributed by atoms with Gasteiger partial charge in [-0.3, -0.25) is 37.1 Å². The summed E-state index contributed by atoms with van der Waals surface area (Å²) in [6.45, 7) is -7.18. The first kappa shape index (κ1) is 62.3. The number of aliphatic hydroxyl groups excluding tert-OH is 1. The van der Waals surface area contributed by atoms with Gasteiger partial charge in [-0.25, -0.2) is 39.7 Å². The predicted octanol–water partition coefficient (Wildman–Crippen LogP) is -0.228. The number of hydrogen-bond donors (Lipinski definition) is 9. The zero-order chi connectivity index (χ0) is 63.5. The van der Waals surface area contributed by atoms with Crippen LogP contribution in [0.4, 0.5) is 23.4 Å². The maximum atomic E-state index is 13.6. The fraction of sp³-hybridized carbons (Fsp3) is 0.596. The molecule has 7 aliphatic rings. The molecule has 7 fully saturated rings. The van der Waals surface area contributed by atoms with Crippen LogP contribution in [0.3, 0.4) is 0 Å². The van der Waals surface area contributed by atoms with E-state index in [0.29, 0.717) is 28.8 Å². The average molecular weight is 1370 g/mol. The van der Waals surface area contributed by atoms with E-state index in [1.807, 2.05) is 6.92 Å². The highest BCUT2D eigenvalue weighted by atomic mass is 32.5. The van der Waals surface area contributed by atoms with Gasteiger partial charge in [0.05, 0.1) is 69.3 Å². The van der Waals surface area contributed by atoms with E-state index < -0.39 is 160 Å². The Labute approximate surface area is 521 Å². The Kier molecular flexibility index (Phi) is 15.4. The molecule has 6 bridgehead atoms. The van der Waals surface area contributed by atoms with Gasteiger partial charge < -0.3 is 94.0 Å². The van der Waals surface area contributed by atoms with Crippen molar-refractivity contribution in [3.05, 3.63) is 64.2 Å². The van der Waals surface area contributed by atoms with E-state index in [-0.39, 0.29) is 46.5 Å². The van der Waals surface area contributed by atoms with Crippen molar-refractivity contribution in [1.82, 2.24) is 68.1 Å². The van der Waals surface area contributed by atoms with Crippen LogP contribution in [0.25, 0.3) is 33.5 Å². The minimum absolute atomic E-state index is 0.0193. The second-order valence-electron chi connectivity index (χ2n) is 22.7. The van der Waals surface area contributed by atoms with Crippen LogP contribution in [0.5, 0.6) is 0 Å². The van der Waals surface area contributed by atoms with Gasteiger partial charge in [-0.05, 0) is 69.5 Å². The maximum absolute atomic E-state index is 13.6. The van der Waals surface area contributed by atoms with Crippen LogP contribution in [0, 0.1) is 6.92 Å². The summed E-state index contributed by atoms with van der Waals surface area (Å²) in [6, 6.07) is 0. The van der Waals surface area contributed by atoms with Crippen molar-refractivity contribution in [3.63, 3.8) is 0 Å². The molecule has 0 spiro atoms. The molecule has 13 N–H and O–H groups in total. The van der Waals surface area contributed by atoms with Crippen molar-refractivity contribution < 1.29 is 80.1 Å². The molecule has 6 unspecified atom stereocenters. The van der Waals surface area contributed by atoms with Crippen LogP contribution in [-0.2, 0) is 95.7 Å². The van der Waals surface area contributed by atoms with Crippen molar-refractivity contribution in [2.24, 2.45) is 0 Å². The molecular formula is C47H59N18O19P3S3. The molecule has 37 nitrogen and oxygen atoms in total. The van der Waals surface area contributed by atoms with E-state index in [9.17, 15) is 29.4 Å². The molecule has 14 heterocycles. The number of nitrogen functional groups attached to an aromatic ring is 4. The second kappa shape index (κ2) is 22.2. The van der Waals surface area contributed by atoms with Crippen LogP contribution in [0.1, 0.15) is 71.0 Å². The Balaban J connectivity index is 0.736. The number of aliphatic hydroxyl groups is 1. The number of anilines is 4. The number of imidazole rings is 3. The Hall–Kier alpha value is -5.20.